The summed E-state index contributed by atoms with van der Waals surface area (Å²) in [6.07, 6.45) is 0. The third-order valence-corrected chi connectivity index (χ3v) is 10.3. The normalized spacial score (nSPS) is 14.1. The van der Waals surface area contributed by atoms with E-state index in [9.17, 15) is 5.48 Å². The van der Waals surface area contributed by atoms with E-state index in [0.29, 0.717) is 27.8 Å². The summed E-state index contributed by atoms with van der Waals surface area (Å²) >= 11 is 0. The van der Waals surface area contributed by atoms with Crippen molar-refractivity contribution in [1.29, 1.82) is 0 Å². The Morgan fingerprint density at radius 2 is 0.863 bits per heavy atom. The Labute approximate surface area is 305 Å². The molecule has 0 aliphatic carbocycles. The third-order valence-electron chi connectivity index (χ3n) is 10.3. The molecule has 0 radical (unpaired) electrons. The fourth-order valence-corrected chi connectivity index (χ4v) is 8.11. The van der Waals surface area contributed by atoms with Crippen molar-refractivity contribution < 1.29 is 15.4 Å². The van der Waals surface area contributed by atoms with Gasteiger partial charge in [0.05, 0.1) is 11.0 Å². The van der Waals surface area contributed by atoms with Crippen LogP contribution in [0.2, 0.25) is 0 Å². The number of hydrogen-bond donors (Lipinski definition) is 0. The van der Waals surface area contributed by atoms with Crippen LogP contribution in [-0.4, -0.2) is 0 Å². The van der Waals surface area contributed by atoms with Crippen LogP contribution >= 0.6 is 0 Å². The molecular formula is C50H30O. The molecule has 11 rings (SSSR count). The van der Waals surface area contributed by atoms with Crippen molar-refractivity contribution >= 4 is 75.8 Å². The zero-order chi connectivity index (χ0) is 40.4. The Kier molecular flexibility index (Phi) is 4.57. The maximum absolute atomic E-state index is 9.62. The zero-order valence-electron chi connectivity index (χ0n) is 35.1. The van der Waals surface area contributed by atoms with Gasteiger partial charge in [0.2, 0.25) is 0 Å². The minimum Gasteiger partial charge on any atom is -0.456 e. The van der Waals surface area contributed by atoms with E-state index >= 15 is 0 Å². The average molecular weight is 655 g/mol. The van der Waals surface area contributed by atoms with E-state index in [1.54, 1.807) is 0 Å². The summed E-state index contributed by atoms with van der Waals surface area (Å²) in [5.41, 5.74) is 4.96. The summed E-state index contributed by atoms with van der Waals surface area (Å²) in [7, 11) is 0. The van der Waals surface area contributed by atoms with Crippen LogP contribution in [0, 0.1) is 0 Å². The largest absolute Gasteiger partial charge is 0.456 e. The van der Waals surface area contributed by atoms with Gasteiger partial charge in [0, 0.05) is 10.8 Å². The van der Waals surface area contributed by atoms with Crippen molar-refractivity contribution in [1.82, 2.24) is 0 Å². The van der Waals surface area contributed by atoms with Crippen molar-refractivity contribution in [2.75, 3.05) is 0 Å². The van der Waals surface area contributed by atoms with Gasteiger partial charge in [0.15, 0.2) is 0 Å². The molecule has 0 aliphatic rings. The molecule has 1 nitrogen and oxygen atoms in total. The lowest BCUT2D eigenvalue weighted by atomic mass is 9.83. The molecule has 0 aliphatic heterocycles. The first-order valence-electron chi connectivity index (χ1n) is 20.9. The Morgan fingerprint density at radius 1 is 0.353 bits per heavy atom. The van der Waals surface area contributed by atoms with E-state index in [0.717, 1.165) is 59.8 Å². The number of rotatable bonds is 3. The lowest BCUT2D eigenvalue weighted by Gasteiger charge is -2.20. The molecular weight excluding hydrogens is 617 g/mol. The summed E-state index contributed by atoms with van der Waals surface area (Å²) in [4.78, 5) is 0. The third kappa shape index (κ3) is 4.16. The summed E-state index contributed by atoms with van der Waals surface area (Å²) < 4.78 is 80.7. The maximum Gasteiger partial charge on any atom is 0.136 e. The highest BCUT2D eigenvalue weighted by molar-refractivity contribution is 6.27. The van der Waals surface area contributed by atoms with Crippen molar-refractivity contribution in [3.63, 3.8) is 0 Å². The van der Waals surface area contributed by atoms with E-state index in [1.807, 2.05) is 109 Å². The first kappa shape index (κ1) is 21.4. The van der Waals surface area contributed by atoms with Gasteiger partial charge in [-0.1, -0.05) is 158 Å². The molecule has 0 bridgehead atoms. The van der Waals surface area contributed by atoms with Crippen LogP contribution in [-0.2, 0) is 0 Å². The van der Waals surface area contributed by atoms with Crippen LogP contribution in [0.4, 0.5) is 0 Å². The lowest BCUT2D eigenvalue weighted by Crippen LogP contribution is -1.93. The molecule has 1 aromatic heterocycles. The molecule has 1 heteroatoms. The van der Waals surface area contributed by atoms with Gasteiger partial charge >= 0.3 is 0 Å². The lowest BCUT2D eigenvalue weighted by molar-refractivity contribution is 0.669. The SMILES string of the molecule is [2H]c1c([2H])c([2H])c2c(-c3cc(-c4cccc5oc6ccc7ccccc7c6c45)cc4ccccc34)c3c([2H])c([2H])c([2H])c([2H])c3c(-c3cccc4ccccc34)c2c1[2H]. The maximum atomic E-state index is 9.62. The standard InChI is InChI=1S/C50H30O/c1-4-17-35-31(13-1)16-11-25-39(35)47-40-20-7-9-22-42(40)48(43-23-10-8-21-41(43)47)44-30-34(29-33-15-3-5-18-36(33)44)38-24-12-26-45-50(38)49-37-19-6-2-14-32(37)27-28-46(49)51-45/h1-30H/i7D,8D,9D,10D,20D,21D,22D,23D. The Bertz CT molecular complexity index is 3580. The topological polar surface area (TPSA) is 13.1 Å². The smallest absolute Gasteiger partial charge is 0.136 e. The summed E-state index contributed by atoms with van der Waals surface area (Å²) in [6.45, 7) is 0. The van der Waals surface area contributed by atoms with Crippen molar-refractivity contribution in [2.24, 2.45) is 0 Å². The second-order valence-corrected chi connectivity index (χ2v) is 13.0. The quantitative estimate of drug-likeness (QED) is 0.173. The van der Waals surface area contributed by atoms with Gasteiger partial charge in [-0.15, -0.1) is 0 Å². The fourth-order valence-electron chi connectivity index (χ4n) is 8.11. The van der Waals surface area contributed by atoms with Gasteiger partial charge < -0.3 is 4.42 Å². The van der Waals surface area contributed by atoms with Crippen molar-refractivity contribution in [3.8, 4) is 33.4 Å². The fraction of sp³-hybridized carbons (Fsp3) is 0. The highest BCUT2D eigenvalue weighted by Crippen LogP contribution is 2.48. The Balaban J connectivity index is 1.38. The van der Waals surface area contributed by atoms with E-state index < -0.39 is 24.2 Å². The monoisotopic (exact) mass is 654 g/mol. The molecule has 1 heterocycles. The predicted octanol–water partition coefficient (Wildman–Crippen LogP) is 14.4. The summed E-state index contributed by atoms with van der Waals surface area (Å²) in [5, 5.41) is 8.00. The number of furan rings is 1. The molecule has 0 amide bonds. The molecule has 0 fully saturated rings. The van der Waals surface area contributed by atoms with Gasteiger partial charge in [0.1, 0.15) is 11.2 Å². The van der Waals surface area contributed by atoms with Crippen LogP contribution in [0.3, 0.4) is 0 Å². The van der Waals surface area contributed by atoms with Crippen molar-refractivity contribution in [3.05, 3.63) is 182 Å². The van der Waals surface area contributed by atoms with E-state index in [4.69, 9.17) is 9.90 Å². The van der Waals surface area contributed by atoms with Crippen LogP contribution < -0.4 is 0 Å². The summed E-state index contributed by atoms with van der Waals surface area (Å²) in [6, 6.07) is 40.5. The highest BCUT2D eigenvalue weighted by atomic mass is 16.3. The van der Waals surface area contributed by atoms with Gasteiger partial charge in [-0.3, -0.25) is 0 Å². The van der Waals surface area contributed by atoms with Crippen LogP contribution in [0.25, 0.3) is 109 Å². The van der Waals surface area contributed by atoms with Gasteiger partial charge in [-0.2, -0.15) is 0 Å². The van der Waals surface area contributed by atoms with Gasteiger partial charge in [-0.25, -0.2) is 0 Å². The molecule has 0 saturated carbocycles. The predicted molar refractivity (Wildman–Crippen MR) is 218 cm³/mol. The first-order chi connectivity index (χ1) is 28.6. The van der Waals surface area contributed by atoms with Crippen LogP contribution in [0.1, 0.15) is 11.0 Å². The molecule has 0 saturated heterocycles. The number of hydrogen-bond acceptors (Lipinski definition) is 1. The second-order valence-electron chi connectivity index (χ2n) is 13.0. The molecule has 10 aromatic carbocycles. The molecule has 0 N–H and O–H groups in total. The van der Waals surface area contributed by atoms with Crippen LogP contribution in [0.15, 0.2) is 186 Å². The molecule has 236 valence electrons. The highest BCUT2D eigenvalue weighted by Gasteiger charge is 2.21. The van der Waals surface area contributed by atoms with Gasteiger partial charge in [0.25, 0.3) is 0 Å². The number of benzene rings is 10. The van der Waals surface area contributed by atoms with Crippen molar-refractivity contribution in [2.45, 2.75) is 0 Å². The Morgan fingerprint density at radius 3 is 1.57 bits per heavy atom. The molecule has 51 heavy (non-hydrogen) atoms. The van der Waals surface area contributed by atoms with E-state index in [2.05, 4.69) is 24.3 Å². The second kappa shape index (κ2) is 10.9. The molecule has 0 unspecified atom stereocenters. The molecule has 11 aromatic rings. The van der Waals surface area contributed by atoms with Gasteiger partial charge in [-0.05, 0) is 112 Å². The summed E-state index contributed by atoms with van der Waals surface area (Å²) in [5.74, 6) is 0. The first-order valence-corrected chi connectivity index (χ1v) is 16.9. The molecule has 0 spiro atoms. The zero-order valence-corrected chi connectivity index (χ0v) is 27.1. The average Bonchev–Trinajstić information content (AvgIpc) is 3.67. The minimum atomic E-state index is -0.435. The van der Waals surface area contributed by atoms with E-state index in [-0.39, 0.29) is 45.7 Å². The van der Waals surface area contributed by atoms with Crippen LogP contribution in [0.5, 0.6) is 0 Å². The minimum absolute atomic E-state index is 0.178. The Hall–Kier alpha value is -6.70. The van der Waals surface area contributed by atoms with E-state index in [1.165, 1.54) is 0 Å². The molecule has 0 atom stereocenters. The number of fused-ring (bicyclic) bond motifs is 9.